The molecule has 18 nitrogen and oxygen atoms in total. The smallest absolute Gasteiger partial charge is 0.264 e. The predicted molar refractivity (Wildman–Crippen MR) is 168 cm³/mol. The molecule has 4 aliphatic heterocycles. The first-order chi connectivity index (χ1) is 23.4. The number of alkyl halides is 1. The maximum absolute atomic E-state index is 16.1. The molecule has 4 aromatic heterocycles. The number of imidazole rings is 1. The second kappa shape index (κ2) is 12.2. The maximum atomic E-state index is 16.1. The number of nitrogens with one attached hydrogen (secondary N) is 1. The van der Waals surface area contributed by atoms with E-state index in [1.54, 1.807) is 16.8 Å². The Morgan fingerprint density at radius 2 is 1.69 bits per heavy atom. The van der Waals surface area contributed by atoms with Gasteiger partial charge in [0.1, 0.15) is 48.0 Å². The number of ether oxygens (including phenoxy) is 3. The van der Waals surface area contributed by atoms with Gasteiger partial charge in [0.25, 0.3) is 14.9 Å². The van der Waals surface area contributed by atoms with Crippen LogP contribution in [0, 0.1) is 0 Å². The van der Waals surface area contributed by atoms with Crippen molar-refractivity contribution in [3.05, 3.63) is 36.7 Å². The summed E-state index contributed by atoms with van der Waals surface area (Å²) in [6.45, 7) is -1.18. The van der Waals surface area contributed by atoms with E-state index in [9.17, 15) is 13.9 Å². The third kappa shape index (κ3) is 5.80. The molecule has 8 heterocycles. The highest BCUT2D eigenvalue weighted by Gasteiger charge is 2.53. The standard InChI is InChI=1S/C26H27B2FN8O10P2/c1-41-21-20-14(45-26(21)36-6-11-2-3-15(38)35-12-4-5-31-23(36)16(11)12)8-43-48(27,39)46-19-13(7-42-49(28,40)47-20)44-25(17(19)29)37-10-34-18-22(30)32-9-33-24(18)37/h4-6,9-10,13-14,17,19-21,25-26H,2-3,7-8H2,1H3,(H,35,38)(H2,30,32,33)/t13-,14-,17?,19+,20?,21+,25-,26-,48?,49?/m1/s1. The number of carbonyl (C=O) groups is 1. The largest absolute Gasteiger partial charge is 0.382 e. The lowest BCUT2D eigenvalue weighted by Gasteiger charge is -2.30. The van der Waals surface area contributed by atoms with Crippen LogP contribution in [0.1, 0.15) is 24.4 Å². The number of nitrogen functional groups attached to an aromatic ring is 1. The number of anilines is 2. The number of pyridine rings is 1. The molecule has 10 atom stereocenters. The molecule has 0 aliphatic carbocycles. The third-order valence-electron chi connectivity index (χ3n) is 8.82. The number of hydrogen-bond acceptors (Lipinski definition) is 15. The third-order valence-corrected chi connectivity index (χ3v) is 10.9. The number of nitrogens with two attached hydrogens (primary N) is 1. The average Bonchev–Trinajstić information content (AvgIpc) is 3.78. The molecule has 0 saturated carbocycles. The second-order valence-corrected chi connectivity index (χ2v) is 14.9. The fourth-order valence-corrected chi connectivity index (χ4v) is 8.66. The number of amides is 1. The highest BCUT2D eigenvalue weighted by Crippen LogP contribution is 2.54. The normalized spacial score (nSPS) is 36.8. The number of aryl methyl sites for hydroxylation is 1. The number of methoxy groups -OCH3 is 1. The van der Waals surface area contributed by atoms with Gasteiger partial charge in [-0.1, -0.05) is 0 Å². The summed E-state index contributed by atoms with van der Waals surface area (Å²) in [7, 11) is 4.43. The first-order valence-electron chi connectivity index (χ1n) is 15.0. The number of halogens is 1. The molecule has 8 rings (SSSR count). The minimum atomic E-state index is -4.54. The van der Waals surface area contributed by atoms with E-state index in [-0.39, 0.29) is 29.3 Å². The van der Waals surface area contributed by atoms with E-state index in [0.717, 1.165) is 5.56 Å². The molecule has 49 heavy (non-hydrogen) atoms. The molecule has 4 unspecified atom stereocenters. The van der Waals surface area contributed by atoms with Gasteiger partial charge in [0.2, 0.25) is 21.0 Å². The van der Waals surface area contributed by atoms with Gasteiger partial charge in [-0.15, -0.1) is 0 Å². The fourth-order valence-electron chi connectivity index (χ4n) is 6.64. The van der Waals surface area contributed by atoms with E-state index in [4.69, 9.17) is 53.2 Å². The average molecular weight is 714 g/mol. The quantitative estimate of drug-likeness (QED) is 0.229. The molecular weight excluding hydrogens is 687 g/mol. The Labute approximate surface area is 279 Å². The molecular formula is C26H27B2FN8O10P2. The lowest BCUT2D eigenvalue weighted by molar-refractivity contribution is -0.116. The summed E-state index contributed by atoms with van der Waals surface area (Å²) in [5.41, 5.74) is 8.10. The highest BCUT2D eigenvalue weighted by molar-refractivity contribution is 7.79. The number of nitrogens with zero attached hydrogens (tertiary/aromatic N) is 6. The van der Waals surface area contributed by atoms with Crippen molar-refractivity contribution in [2.24, 2.45) is 0 Å². The van der Waals surface area contributed by atoms with Gasteiger partial charge in [0.15, 0.2) is 30.1 Å². The molecule has 0 spiro atoms. The van der Waals surface area contributed by atoms with E-state index in [0.29, 0.717) is 23.1 Å². The van der Waals surface area contributed by atoms with Gasteiger partial charge in [0, 0.05) is 31.3 Å². The van der Waals surface area contributed by atoms with Crippen molar-refractivity contribution in [3.63, 3.8) is 0 Å². The van der Waals surface area contributed by atoms with Crippen LogP contribution in [0.15, 0.2) is 31.1 Å². The molecule has 0 bridgehead atoms. The van der Waals surface area contributed by atoms with E-state index < -0.39 is 77.3 Å². The van der Waals surface area contributed by atoms with Crippen LogP contribution in [-0.4, -0.2) is 107 Å². The molecule has 4 radical (unpaired) electrons. The van der Waals surface area contributed by atoms with Crippen molar-refractivity contribution >= 4 is 69.7 Å². The first-order valence-corrected chi connectivity index (χ1v) is 18.3. The lowest BCUT2D eigenvalue weighted by atomic mass is 10.1. The van der Waals surface area contributed by atoms with Crippen LogP contribution < -0.4 is 11.1 Å². The monoisotopic (exact) mass is 714 g/mol. The molecule has 1 amide bonds. The number of carbonyl (C=O) groups excluding carboxylic acids is 1. The first kappa shape index (κ1) is 32.9. The van der Waals surface area contributed by atoms with Gasteiger partial charge in [-0.25, -0.2) is 24.3 Å². The molecule has 3 N–H and O–H groups in total. The van der Waals surface area contributed by atoms with Crippen molar-refractivity contribution in [1.29, 1.82) is 0 Å². The topological polar surface area (TPSA) is 215 Å². The Kier molecular flexibility index (Phi) is 8.21. The van der Waals surface area contributed by atoms with Gasteiger partial charge in [-0.2, -0.15) is 0 Å². The van der Waals surface area contributed by atoms with Crippen molar-refractivity contribution in [3.8, 4) is 0 Å². The Balaban J connectivity index is 1.09. The van der Waals surface area contributed by atoms with E-state index in [1.807, 2.05) is 0 Å². The van der Waals surface area contributed by atoms with E-state index in [2.05, 4.69) is 25.3 Å². The highest BCUT2D eigenvalue weighted by atomic mass is 31.2. The number of hydrogen-bond donors (Lipinski definition) is 2. The molecule has 4 aliphatic rings. The molecule has 3 fully saturated rings. The zero-order valence-electron chi connectivity index (χ0n) is 25.6. The molecule has 3 saturated heterocycles. The summed E-state index contributed by atoms with van der Waals surface area (Å²) >= 11 is 0. The number of aromatic nitrogens is 6. The van der Waals surface area contributed by atoms with Crippen LogP contribution in [0.5, 0.6) is 0 Å². The number of rotatable bonds is 3. The molecule has 4 aromatic rings. The van der Waals surface area contributed by atoms with Crippen molar-refractivity contribution in [2.75, 3.05) is 31.4 Å². The van der Waals surface area contributed by atoms with Gasteiger partial charge < -0.3 is 47.9 Å². The van der Waals surface area contributed by atoms with Crippen LogP contribution in [0.2, 0.25) is 0 Å². The fraction of sp³-hybridized carbons (Fsp3) is 0.500. The molecule has 254 valence electrons. The van der Waals surface area contributed by atoms with Crippen LogP contribution in [0.25, 0.3) is 22.2 Å². The van der Waals surface area contributed by atoms with Crippen molar-refractivity contribution in [1.82, 2.24) is 29.1 Å². The zero-order chi connectivity index (χ0) is 34.2. The SMILES string of the molecule is [B]P1(=O)OC[C@H]2O[C@@H](n3cnc4c(N)ncnc43)C(F)[C@H]2OP([B])(=O)OC[C@H]2O[C@@H](n3cc4c5c(ccnc53)NC(=O)CC4)[C@@H](OC)C2O1. The minimum absolute atomic E-state index is 0.0581. The van der Waals surface area contributed by atoms with E-state index >= 15 is 4.39 Å². The summed E-state index contributed by atoms with van der Waals surface area (Å²) in [5.74, 6) is -0.0702. The van der Waals surface area contributed by atoms with Crippen LogP contribution in [0.3, 0.4) is 0 Å². The van der Waals surface area contributed by atoms with Gasteiger partial charge in [-0.05, 0) is 18.1 Å². The Morgan fingerprint density at radius 3 is 2.45 bits per heavy atom. The lowest BCUT2D eigenvalue weighted by Crippen LogP contribution is -2.39. The molecule has 23 heteroatoms. The van der Waals surface area contributed by atoms with Crippen LogP contribution in [-0.2, 0) is 52.7 Å². The van der Waals surface area contributed by atoms with Gasteiger partial charge in [0.05, 0.1) is 25.2 Å². The van der Waals surface area contributed by atoms with Crippen molar-refractivity contribution in [2.45, 2.75) is 62.0 Å². The summed E-state index contributed by atoms with van der Waals surface area (Å²) in [6, 6.07) is 1.69. The van der Waals surface area contributed by atoms with E-state index in [1.165, 1.54) is 30.5 Å². The van der Waals surface area contributed by atoms with Gasteiger partial charge in [-0.3, -0.25) is 18.5 Å². The van der Waals surface area contributed by atoms with Gasteiger partial charge >= 0.3 is 0 Å². The van der Waals surface area contributed by atoms with Crippen LogP contribution in [0.4, 0.5) is 15.9 Å². The predicted octanol–water partition coefficient (Wildman–Crippen LogP) is 1.86. The Morgan fingerprint density at radius 1 is 0.980 bits per heavy atom. The summed E-state index contributed by atoms with van der Waals surface area (Å²) in [4.78, 5) is 28.9. The Bertz CT molecular complexity index is 2060. The second-order valence-electron chi connectivity index (χ2n) is 11.8. The zero-order valence-corrected chi connectivity index (χ0v) is 27.4. The maximum Gasteiger partial charge on any atom is 0.264 e. The van der Waals surface area contributed by atoms with Crippen LogP contribution >= 0.6 is 14.9 Å². The number of fused-ring (bicyclic) bond motifs is 3. The Hall–Kier alpha value is -3.25. The summed E-state index contributed by atoms with van der Waals surface area (Å²) < 4.78 is 86.6. The summed E-state index contributed by atoms with van der Waals surface area (Å²) in [5, 5.41) is 3.59. The summed E-state index contributed by atoms with van der Waals surface area (Å²) in [6.07, 6.45) is -4.42. The van der Waals surface area contributed by atoms with Crippen molar-refractivity contribution < 1.29 is 50.6 Å². The minimum Gasteiger partial charge on any atom is -0.382 e. The molecule has 0 aromatic carbocycles.